The number of amides is 1. The maximum absolute atomic E-state index is 13.5. The third-order valence-electron chi connectivity index (χ3n) is 6.17. The standard InChI is InChI=1S/C24H20ClFN4O4/c1-3-19-14(2)6-16(8-27-19)33-10-21-29-30-22(34-21)23-11-24(12-23,13-23)28-20(31)9-32-15-4-5-17(25)18(26)7-15/h1,4-8H,9-13H2,2H3,(H,28,31). The van der Waals surface area contributed by atoms with E-state index < -0.39 is 5.82 Å². The second kappa shape index (κ2) is 8.29. The van der Waals surface area contributed by atoms with Crippen molar-refractivity contribution in [3.8, 4) is 23.8 Å². The highest BCUT2D eigenvalue weighted by atomic mass is 35.5. The van der Waals surface area contributed by atoms with Crippen molar-refractivity contribution in [2.24, 2.45) is 0 Å². The molecule has 0 aliphatic heterocycles. The summed E-state index contributed by atoms with van der Waals surface area (Å²) < 4.78 is 30.3. The number of aryl methyl sites for hydroxylation is 1. The first-order chi connectivity index (χ1) is 16.3. The van der Waals surface area contributed by atoms with Crippen LogP contribution in [0.25, 0.3) is 0 Å². The fourth-order valence-electron chi connectivity index (χ4n) is 4.65. The van der Waals surface area contributed by atoms with Gasteiger partial charge in [0.05, 0.1) is 16.6 Å². The molecule has 1 aromatic carbocycles. The van der Waals surface area contributed by atoms with E-state index in [1.54, 1.807) is 12.3 Å². The summed E-state index contributed by atoms with van der Waals surface area (Å²) in [4.78, 5) is 16.4. The number of carbonyl (C=O) groups excluding carboxylic acids is 1. The number of rotatable bonds is 8. The molecule has 34 heavy (non-hydrogen) atoms. The quantitative estimate of drug-likeness (QED) is 0.490. The van der Waals surface area contributed by atoms with Crippen molar-refractivity contribution in [1.29, 1.82) is 0 Å². The first kappa shape index (κ1) is 22.2. The Morgan fingerprint density at radius 2 is 2.06 bits per heavy atom. The molecule has 10 heteroatoms. The summed E-state index contributed by atoms with van der Waals surface area (Å²) in [6.07, 6.45) is 9.07. The van der Waals surface area contributed by atoms with Gasteiger partial charge in [0.1, 0.15) is 23.0 Å². The first-order valence-corrected chi connectivity index (χ1v) is 11.0. The topological polar surface area (TPSA) is 99.4 Å². The number of benzene rings is 1. The molecule has 0 unspecified atom stereocenters. The molecule has 3 aliphatic carbocycles. The molecule has 8 nitrogen and oxygen atoms in total. The fraction of sp³-hybridized carbons (Fsp3) is 0.333. The van der Waals surface area contributed by atoms with E-state index in [0.29, 0.717) is 42.5 Å². The Morgan fingerprint density at radius 1 is 1.26 bits per heavy atom. The average molecular weight is 483 g/mol. The molecule has 1 N–H and O–H groups in total. The van der Waals surface area contributed by atoms with E-state index in [9.17, 15) is 9.18 Å². The van der Waals surface area contributed by atoms with Crippen molar-refractivity contribution in [3.05, 3.63) is 64.3 Å². The number of carbonyl (C=O) groups is 1. The van der Waals surface area contributed by atoms with E-state index >= 15 is 0 Å². The van der Waals surface area contributed by atoms with Crippen LogP contribution in [0.4, 0.5) is 4.39 Å². The van der Waals surface area contributed by atoms with Gasteiger partial charge in [-0.25, -0.2) is 9.37 Å². The van der Waals surface area contributed by atoms with Gasteiger partial charge in [0, 0.05) is 11.6 Å². The lowest BCUT2D eigenvalue weighted by Gasteiger charge is -2.68. The summed E-state index contributed by atoms with van der Waals surface area (Å²) in [6, 6.07) is 5.84. The maximum Gasteiger partial charge on any atom is 0.258 e. The van der Waals surface area contributed by atoms with Gasteiger partial charge in [0.15, 0.2) is 13.2 Å². The van der Waals surface area contributed by atoms with Gasteiger partial charge in [0.2, 0.25) is 5.89 Å². The van der Waals surface area contributed by atoms with Crippen molar-refractivity contribution in [3.63, 3.8) is 0 Å². The van der Waals surface area contributed by atoms with Gasteiger partial charge in [-0.15, -0.1) is 16.6 Å². The van der Waals surface area contributed by atoms with E-state index in [0.717, 1.165) is 11.6 Å². The number of nitrogens with one attached hydrogen (secondary N) is 1. The molecule has 0 spiro atoms. The molecule has 2 heterocycles. The molecule has 174 valence electrons. The zero-order valence-electron chi connectivity index (χ0n) is 18.2. The Balaban J connectivity index is 1.10. The molecule has 0 radical (unpaired) electrons. The molecule has 0 saturated heterocycles. The monoisotopic (exact) mass is 482 g/mol. The van der Waals surface area contributed by atoms with Gasteiger partial charge in [-0.2, -0.15) is 0 Å². The van der Waals surface area contributed by atoms with E-state index in [1.165, 1.54) is 12.1 Å². The number of terminal acetylenes is 1. The Morgan fingerprint density at radius 3 is 2.76 bits per heavy atom. The van der Waals surface area contributed by atoms with Crippen molar-refractivity contribution in [2.45, 2.75) is 43.7 Å². The minimum Gasteiger partial charge on any atom is -0.484 e. The number of hydrogen-bond donors (Lipinski definition) is 1. The molecular formula is C24H20ClFN4O4. The van der Waals surface area contributed by atoms with Crippen LogP contribution in [0, 0.1) is 25.1 Å². The summed E-state index contributed by atoms with van der Waals surface area (Å²) in [5.74, 6) is 3.35. The summed E-state index contributed by atoms with van der Waals surface area (Å²) in [7, 11) is 0. The van der Waals surface area contributed by atoms with Crippen molar-refractivity contribution in [1.82, 2.24) is 20.5 Å². The van der Waals surface area contributed by atoms with Crippen LogP contribution in [-0.4, -0.2) is 33.2 Å². The van der Waals surface area contributed by atoms with E-state index in [4.69, 9.17) is 31.9 Å². The lowest BCUT2D eigenvalue weighted by molar-refractivity contribution is -0.143. The van der Waals surface area contributed by atoms with Crippen LogP contribution in [0.3, 0.4) is 0 Å². The minimum atomic E-state index is -0.598. The Labute approximate surface area is 199 Å². The summed E-state index contributed by atoms with van der Waals surface area (Å²) in [5, 5.41) is 11.3. The SMILES string of the molecule is C#Cc1ncc(OCc2nnc(C34CC(NC(=O)COc5ccc(Cl)c(F)c5)(C3)C4)o2)cc1C. The van der Waals surface area contributed by atoms with Crippen LogP contribution in [0.5, 0.6) is 11.5 Å². The number of nitrogens with zero attached hydrogens (tertiary/aromatic N) is 3. The first-order valence-electron chi connectivity index (χ1n) is 10.6. The Kier molecular flexibility index (Phi) is 5.41. The van der Waals surface area contributed by atoms with Crippen molar-refractivity contribution in [2.75, 3.05) is 6.61 Å². The summed E-state index contributed by atoms with van der Waals surface area (Å²) in [5.41, 5.74) is 0.907. The Hall–Kier alpha value is -3.64. The van der Waals surface area contributed by atoms with Gasteiger partial charge in [-0.1, -0.05) is 11.6 Å². The molecular weight excluding hydrogens is 463 g/mol. The highest BCUT2D eigenvalue weighted by Gasteiger charge is 2.71. The number of ether oxygens (including phenoxy) is 2. The predicted octanol–water partition coefficient (Wildman–Crippen LogP) is 3.50. The highest BCUT2D eigenvalue weighted by Crippen LogP contribution is 2.67. The van der Waals surface area contributed by atoms with Crippen LogP contribution in [-0.2, 0) is 16.8 Å². The highest BCUT2D eigenvalue weighted by molar-refractivity contribution is 6.30. The second-order valence-corrected chi connectivity index (χ2v) is 9.18. The predicted molar refractivity (Wildman–Crippen MR) is 119 cm³/mol. The van der Waals surface area contributed by atoms with Crippen LogP contribution in [0.2, 0.25) is 5.02 Å². The molecule has 6 rings (SSSR count). The second-order valence-electron chi connectivity index (χ2n) is 8.77. The van der Waals surface area contributed by atoms with Gasteiger partial charge in [-0.3, -0.25) is 4.79 Å². The van der Waals surface area contributed by atoms with Crippen LogP contribution < -0.4 is 14.8 Å². The van der Waals surface area contributed by atoms with Crippen LogP contribution in [0.1, 0.15) is 42.3 Å². The summed E-state index contributed by atoms with van der Waals surface area (Å²) >= 11 is 5.65. The summed E-state index contributed by atoms with van der Waals surface area (Å²) in [6.45, 7) is 1.76. The minimum absolute atomic E-state index is 0.00228. The molecule has 3 saturated carbocycles. The van der Waals surface area contributed by atoms with Crippen molar-refractivity contribution >= 4 is 17.5 Å². The molecule has 1 amide bonds. The van der Waals surface area contributed by atoms with Crippen LogP contribution in [0.15, 0.2) is 34.9 Å². The fourth-order valence-corrected chi connectivity index (χ4v) is 4.76. The normalized spacial score (nSPS) is 22.2. The zero-order valence-corrected chi connectivity index (χ0v) is 19.0. The van der Waals surface area contributed by atoms with Gasteiger partial charge >= 0.3 is 0 Å². The van der Waals surface area contributed by atoms with E-state index in [1.807, 2.05) is 6.92 Å². The Bertz CT molecular complexity index is 1300. The average Bonchev–Trinajstić information content (AvgIpc) is 3.23. The van der Waals surface area contributed by atoms with E-state index in [-0.39, 0.29) is 40.8 Å². The zero-order chi connectivity index (χ0) is 23.9. The number of halogens is 2. The molecule has 3 aromatic rings. The lowest BCUT2D eigenvalue weighted by atomic mass is 9.39. The maximum atomic E-state index is 13.5. The molecule has 2 aromatic heterocycles. The number of hydrogen-bond acceptors (Lipinski definition) is 7. The number of aromatic nitrogens is 3. The number of pyridine rings is 1. The molecule has 3 aliphatic rings. The smallest absolute Gasteiger partial charge is 0.258 e. The van der Waals surface area contributed by atoms with Crippen LogP contribution >= 0.6 is 11.6 Å². The van der Waals surface area contributed by atoms with Gasteiger partial charge in [-0.05, 0) is 55.9 Å². The largest absolute Gasteiger partial charge is 0.484 e. The van der Waals surface area contributed by atoms with E-state index in [2.05, 4.69) is 26.4 Å². The van der Waals surface area contributed by atoms with Gasteiger partial charge < -0.3 is 19.2 Å². The third kappa shape index (κ3) is 4.05. The lowest BCUT2D eigenvalue weighted by Crippen LogP contribution is -2.77. The van der Waals surface area contributed by atoms with Gasteiger partial charge in [0.25, 0.3) is 11.8 Å². The molecule has 0 atom stereocenters. The third-order valence-corrected chi connectivity index (χ3v) is 6.48. The molecule has 3 fully saturated rings. The molecule has 2 bridgehead atoms. The van der Waals surface area contributed by atoms with Crippen molar-refractivity contribution < 1.29 is 23.1 Å².